The molecular formula is C16H20N2O2. The number of hydrogen-bond acceptors (Lipinski definition) is 3. The van der Waals surface area contributed by atoms with E-state index >= 15 is 0 Å². The number of rotatable bonds is 5. The third-order valence-electron chi connectivity index (χ3n) is 3.06. The Morgan fingerprint density at radius 1 is 1.15 bits per heavy atom. The molecule has 0 spiro atoms. The van der Waals surface area contributed by atoms with E-state index in [2.05, 4.69) is 10.6 Å². The summed E-state index contributed by atoms with van der Waals surface area (Å²) in [6, 6.07) is 11.7. The Labute approximate surface area is 119 Å². The minimum absolute atomic E-state index is 0.0186. The van der Waals surface area contributed by atoms with Gasteiger partial charge in [0, 0.05) is 17.8 Å². The number of nitrogens with one attached hydrogen (secondary N) is 2. The molecule has 0 radical (unpaired) electrons. The van der Waals surface area contributed by atoms with Crippen molar-refractivity contribution < 1.29 is 9.21 Å². The molecule has 0 bridgehead atoms. The normalized spacial score (nSPS) is 11.9. The lowest BCUT2D eigenvalue weighted by Crippen LogP contribution is -2.09. The van der Waals surface area contributed by atoms with Crippen molar-refractivity contribution in [1.82, 2.24) is 0 Å². The SMILES string of the molecule is CCC(=O)Nc1ccc(NC(C)c2ccc(C)o2)cc1. The second-order valence-electron chi connectivity index (χ2n) is 4.79. The van der Waals surface area contributed by atoms with Crippen LogP contribution in [0.3, 0.4) is 0 Å². The van der Waals surface area contributed by atoms with Crippen LogP contribution in [0.4, 0.5) is 11.4 Å². The van der Waals surface area contributed by atoms with Crippen LogP contribution in [0.1, 0.15) is 37.8 Å². The number of aryl methyl sites for hydroxylation is 1. The highest BCUT2D eigenvalue weighted by molar-refractivity contribution is 5.90. The van der Waals surface area contributed by atoms with Crippen LogP contribution in [0.5, 0.6) is 0 Å². The average Bonchev–Trinajstić information content (AvgIpc) is 2.87. The maximum atomic E-state index is 11.3. The van der Waals surface area contributed by atoms with Crippen molar-refractivity contribution >= 4 is 17.3 Å². The van der Waals surface area contributed by atoms with Crippen molar-refractivity contribution in [3.63, 3.8) is 0 Å². The minimum Gasteiger partial charge on any atom is -0.464 e. The van der Waals surface area contributed by atoms with Crippen molar-refractivity contribution in [3.05, 3.63) is 47.9 Å². The van der Waals surface area contributed by atoms with Crippen molar-refractivity contribution in [2.75, 3.05) is 10.6 Å². The highest BCUT2D eigenvalue weighted by Crippen LogP contribution is 2.22. The Hall–Kier alpha value is -2.23. The first-order valence-corrected chi connectivity index (χ1v) is 6.81. The van der Waals surface area contributed by atoms with Crippen LogP contribution in [-0.2, 0) is 4.79 Å². The summed E-state index contributed by atoms with van der Waals surface area (Å²) in [5.41, 5.74) is 1.80. The van der Waals surface area contributed by atoms with Crippen molar-refractivity contribution in [3.8, 4) is 0 Å². The maximum Gasteiger partial charge on any atom is 0.224 e. The maximum absolute atomic E-state index is 11.3. The Morgan fingerprint density at radius 3 is 2.35 bits per heavy atom. The van der Waals surface area contributed by atoms with Gasteiger partial charge in [0.05, 0.1) is 6.04 Å². The standard InChI is InChI=1S/C16H20N2O2/c1-4-16(19)18-14-8-6-13(7-9-14)17-12(3)15-10-5-11(2)20-15/h5-10,12,17H,4H2,1-3H3,(H,18,19). The van der Waals surface area contributed by atoms with Crippen molar-refractivity contribution in [2.45, 2.75) is 33.2 Å². The van der Waals surface area contributed by atoms with Gasteiger partial charge in [-0.3, -0.25) is 4.79 Å². The highest BCUT2D eigenvalue weighted by Gasteiger charge is 2.09. The van der Waals surface area contributed by atoms with E-state index in [1.165, 1.54) is 0 Å². The summed E-state index contributed by atoms with van der Waals surface area (Å²) < 4.78 is 5.59. The fraction of sp³-hybridized carbons (Fsp3) is 0.312. The van der Waals surface area contributed by atoms with Crippen LogP contribution in [0.2, 0.25) is 0 Å². The molecule has 1 unspecified atom stereocenters. The molecule has 4 nitrogen and oxygen atoms in total. The van der Waals surface area contributed by atoms with E-state index in [0.29, 0.717) is 6.42 Å². The van der Waals surface area contributed by atoms with Crippen LogP contribution < -0.4 is 10.6 Å². The summed E-state index contributed by atoms with van der Waals surface area (Å²) in [5, 5.41) is 6.18. The summed E-state index contributed by atoms with van der Waals surface area (Å²) in [4.78, 5) is 11.3. The number of amides is 1. The van der Waals surface area contributed by atoms with Gasteiger partial charge in [-0.1, -0.05) is 6.92 Å². The minimum atomic E-state index is 0.0186. The van der Waals surface area contributed by atoms with Crippen LogP contribution in [-0.4, -0.2) is 5.91 Å². The predicted octanol–water partition coefficient (Wildman–Crippen LogP) is 4.11. The Balaban J connectivity index is 1.98. The number of furan rings is 1. The van der Waals surface area contributed by atoms with E-state index in [0.717, 1.165) is 22.9 Å². The van der Waals surface area contributed by atoms with Gasteiger partial charge in [0.2, 0.25) is 5.91 Å². The van der Waals surface area contributed by atoms with Crippen molar-refractivity contribution in [1.29, 1.82) is 0 Å². The summed E-state index contributed by atoms with van der Waals surface area (Å²) >= 11 is 0. The smallest absolute Gasteiger partial charge is 0.224 e. The number of carbonyl (C=O) groups excluding carboxylic acids is 1. The molecule has 2 rings (SSSR count). The fourth-order valence-electron chi connectivity index (χ4n) is 1.91. The summed E-state index contributed by atoms with van der Waals surface area (Å²) in [7, 11) is 0. The Kier molecular flexibility index (Phi) is 4.45. The molecule has 1 atom stereocenters. The van der Waals surface area contributed by atoms with Crippen LogP contribution in [0.25, 0.3) is 0 Å². The van der Waals surface area contributed by atoms with E-state index in [4.69, 9.17) is 4.42 Å². The van der Waals surface area contributed by atoms with E-state index in [-0.39, 0.29) is 11.9 Å². The molecule has 20 heavy (non-hydrogen) atoms. The molecule has 0 saturated carbocycles. The molecular weight excluding hydrogens is 252 g/mol. The molecule has 0 aliphatic carbocycles. The van der Waals surface area contributed by atoms with Gasteiger partial charge in [-0.05, 0) is 50.2 Å². The third-order valence-corrected chi connectivity index (χ3v) is 3.06. The predicted molar refractivity (Wildman–Crippen MR) is 80.8 cm³/mol. The molecule has 0 saturated heterocycles. The molecule has 1 amide bonds. The quantitative estimate of drug-likeness (QED) is 0.861. The Bertz CT molecular complexity index is 572. The monoisotopic (exact) mass is 272 g/mol. The van der Waals surface area contributed by atoms with E-state index < -0.39 is 0 Å². The van der Waals surface area contributed by atoms with E-state index in [1.54, 1.807) is 0 Å². The van der Waals surface area contributed by atoms with Crippen LogP contribution in [0, 0.1) is 6.92 Å². The third kappa shape index (κ3) is 3.63. The number of anilines is 2. The Morgan fingerprint density at radius 2 is 1.80 bits per heavy atom. The van der Waals surface area contributed by atoms with E-state index in [1.807, 2.05) is 57.2 Å². The first-order valence-electron chi connectivity index (χ1n) is 6.81. The molecule has 2 N–H and O–H groups in total. The van der Waals surface area contributed by atoms with E-state index in [9.17, 15) is 4.79 Å². The molecule has 106 valence electrons. The van der Waals surface area contributed by atoms with Gasteiger partial charge in [0.15, 0.2) is 0 Å². The average molecular weight is 272 g/mol. The molecule has 0 aliphatic rings. The van der Waals surface area contributed by atoms with Crippen LogP contribution >= 0.6 is 0 Å². The highest BCUT2D eigenvalue weighted by atomic mass is 16.3. The summed E-state index contributed by atoms with van der Waals surface area (Å²) in [5.74, 6) is 1.84. The second kappa shape index (κ2) is 6.28. The largest absolute Gasteiger partial charge is 0.464 e. The van der Waals surface area contributed by atoms with Gasteiger partial charge in [-0.25, -0.2) is 0 Å². The van der Waals surface area contributed by atoms with Gasteiger partial charge in [-0.2, -0.15) is 0 Å². The topological polar surface area (TPSA) is 54.3 Å². The lowest BCUT2D eigenvalue weighted by molar-refractivity contribution is -0.115. The zero-order valence-electron chi connectivity index (χ0n) is 12.1. The lowest BCUT2D eigenvalue weighted by Gasteiger charge is -2.13. The van der Waals surface area contributed by atoms with Gasteiger partial charge in [-0.15, -0.1) is 0 Å². The lowest BCUT2D eigenvalue weighted by atomic mass is 10.2. The molecule has 1 aromatic carbocycles. The molecule has 2 aromatic rings. The zero-order chi connectivity index (χ0) is 14.5. The van der Waals surface area contributed by atoms with Crippen molar-refractivity contribution in [2.24, 2.45) is 0 Å². The molecule has 1 heterocycles. The van der Waals surface area contributed by atoms with Gasteiger partial charge in [0.25, 0.3) is 0 Å². The first-order chi connectivity index (χ1) is 9.58. The number of carbonyl (C=O) groups is 1. The van der Waals surface area contributed by atoms with Gasteiger partial charge in [0.1, 0.15) is 11.5 Å². The summed E-state index contributed by atoms with van der Waals surface area (Å²) in [6.45, 7) is 5.81. The summed E-state index contributed by atoms with van der Waals surface area (Å²) in [6.07, 6.45) is 0.481. The van der Waals surface area contributed by atoms with Gasteiger partial charge < -0.3 is 15.1 Å². The van der Waals surface area contributed by atoms with Gasteiger partial charge >= 0.3 is 0 Å². The molecule has 0 fully saturated rings. The van der Waals surface area contributed by atoms with Crippen LogP contribution in [0.15, 0.2) is 40.8 Å². The zero-order valence-corrected chi connectivity index (χ0v) is 12.1. The fourth-order valence-corrected chi connectivity index (χ4v) is 1.91. The second-order valence-corrected chi connectivity index (χ2v) is 4.79. The molecule has 0 aliphatic heterocycles. The number of hydrogen-bond donors (Lipinski definition) is 2. The molecule has 4 heteroatoms. The first kappa shape index (κ1) is 14.2. The molecule has 1 aromatic heterocycles. The number of benzene rings is 1.